The van der Waals surface area contributed by atoms with Gasteiger partial charge in [0.15, 0.2) is 0 Å². The van der Waals surface area contributed by atoms with E-state index in [0.29, 0.717) is 11.1 Å². The highest BCUT2D eigenvalue weighted by Gasteiger charge is 2.12. The maximum absolute atomic E-state index is 6.07. The molecule has 0 aliphatic heterocycles. The summed E-state index contributed by atoms with van der Waals surface area (Å²) < 4.78 is 4.21. The Bertz CT molecular complexity index is 478. The summed E-state index contributed by atoms with van der Waals surface area (Å²) in [5.74, 6) is 1.07. The van der Waals surface area contributed by atoms with Crippen LogP contribution in [0.5, 0.6) is 0 Å². The van der Waals surface area contributed by atoms with Crippen LogP contribution >= 0.6 is 23.1 Å². The van der Waals surface area contributed by atoms with E-state index in [1.54, 1.807) is 0 Å². The van der Waals surface area contributed by atoms with E-state index in [1.165, 1.54) is 11.5 Å². The van der Waals surface area contributed by atoms with E-state index in [4.69, 9.17) is 11.6 Å². The van der Waals surface area contributed by atoms with Crippen LogP contribution in [0.2, 0.25) is 5.15 Å². The van der Waals surface area contributed by atoms with Crippen LogP contribution in [0.25, 0.3) is 10.2 Å². The lowest BCUT2D eigenvalue weighted by molar-refractivity contribution is 0.784. The van der Waals surface area contributed by atoms with Gasteiger partial charge in [0, 0.05) is 5.92 Å². The zero-order valence-electron chi connectivity index (χ0n) is 8.21. The average Bonchev–Trinajstić information content (AvgIpc) is 2.48. The molecule has 2 heterocycles. The molecule has 0 spiro atoms. The van der Waals surface area contributed by atoms with Gasteiger partial charge in [0.2, 0.25) is 0 Å². The number of nitrogens with zero attached hydrogens (tertiary/aromatic N) is 3. The van der Waals surface area contributed by atoms with E-state index in [9.17, 15) is 0 Å². The Morgan fingerprint density at radius 2 is 2.00 bits per heavy atom. The summed E-state index contributed by atoms with van der Waals surface area (Å²) >= 11 is 7.44. The van der Waals surface area contributed by atoms with Crippen molar-refractivity contribution in [3.8, 4) is 0 Å². The molecule has 2 aromatic heterocycles. The largest absolute Gasteiger partial charge is 0.220 e. The van der Waals surface area contributed by atoms with Crippen LogP contribution in [-0.2, 0) is 0 Å². The third kappa shape index (κ3) is 1.48. The molecule has 0 amide bonds. The van der Waals surface area contributed by atoms with Crippen LogP contribution in [0.3, 0.4) is 0 Å². The Morgan fingerprint density at radius 3 is 2.64 bits per heavy atom. The Balaban J connectivity index is 2.74. The molecule has 0 N–H and O–H groups in total. The third-order valence-corrected chi connectivity index (χ3v) is 3.10. The van der Waals surface area contributed by atoms with Crippen molar-refractivity contribution in [1.82, 2.24) is 14.3 Å². The number of aryl methyl sites for hydroxylation is 1. The molecule has 2 rings (SSSR count). The second-order valence-electron chi connectivity index (χ2n) is 3.48. The van der Waals surface area contributed by atoms with E-state index in [2.05, 4.69) is 14.3 Å². The van der Waals surface area contributed by atoms with E-state index < -0.39 is 0 Å². The smallest absolute Gasteiger partial charge is 0.148 e. The molecule has 0 saturated heterocycles. The molecule has 0 fully saturated rings. The minimum Gasteiger partial charge on any atom is -0.220 e. The predicted octanol–water partition coefficient (Wildman–Crippen LogP) is 3.17. The van der Waals surface area contributed by atoms with Gasteiger partial charge in [-0.15, -0.1) is 0 Å². The highest BCUT2D eigenvalue weighted by atomic mass is 35.5. The van der Waals surface area contributed by atoms with Gasteiger partial charge in [0.05, 0.1) is 11.1 Å². The molecule has 0 radical (unpaired) electrons. The molecule has 0 bridgehead atoms. The number of hydrogen-bond acceptors (Lipinski definition) is 4. The molecule has 0 atom stereocenters. The minimum absolute atomic E-state index is 0.291. The van der Waals surface area contributed by atoms with Crippen LogP contribution in [0.1, 0.15) is 31.3 Å². The van der Waals surface area contributed by atoms with Gasteiger partial charge >= 0.3 is 0 Å². The summed E-state index contributed by atoms with van der Waals surface area (Å²) in [4.78, 5) is 9.55. The first-order chi connectivity index (χ1) is 6.59. The molecule has 3 nitrogen and oxygen atoms in total. The molecule has 0 aliphatic rings. The van der Waals surface area contributed by atoms with Crippen molar-refractivity contribution in [1.29, 1.82) is 0 Å². The van der Waals surface area contributed by atoms with Gasteiger partial charge in [-0.3, -0.25) is 0 Å². The van der Waals surface area contributed by atoms with Gasteiger partial charge in [-0.2, -0.15) is 4.37 Å². The van der Waals surface area contributed by atoms with Gasteiger partial charge in [-0.05, 0) is 18.5 Å². The Morgan fingerprint density at radius 1 is 1.29 bits per heavy atom. The van der Waals surface area contributed by atoms with E-state index in [-0.39, 0.29) is 0 Å². The summed E-state index contributed by atoms with van der Waals surface area (Å²) in [7, 11) is 0. The average molecular weight is 228 g/mol. The fourth-order valence-corrected chi connectivity index (χ4v) is 2.37. The molecule has 0 aromatic carbocycles. The molecule has 74 valence electrons. The van der Waals surface area contributed by atoms with Gasteiger partial charge in [0.25, 0.3) is 0 Å². The first kappa shape index (κ1) is 9.80. The van der Waals surface area contributed by atoms with E-state index >= 15 is 0 Å². The van der Waals surface area contributed by atoms with Crippen molar-refractivity contribution >= 4 is 33.4 Å². The number of halogens is 1. The van der Waals surface area contributed by atoms with Gasteiger partial charge in [-0.1, -0.05) is 25.4 Å². The lowest BCUT2D eigenvalue weighted by atomic mass is 10.2. The molecule has 14 heavy (non-hydrogen) atoms. The maximum atomic E-state index is 6.07. The first-order valence-corrected chi connectivity index (χ1v) is 5.54. The van der Waals surface area contributed by atoms with Crippen molar-refractivity contribution in [2.75, 3.05) is 0 Å². The Hall–Kier alpha value is -0.740. The summed E-state index contributed by atoms with van der Waals surface area (Å²) in [5.41, 5.74) is 0.908. The summed E-state index contributed by atoms with van der Waals surface area (Å²) in [5, 5.41) is 1.41. The quantitative estimate of drug-likeness (QED) is 0.703. The molecule has 0 aliphatic carbocycles. The number of hydrogen-bond donors (Lipinski definition) is 0. The second kappa shape index (κ2) is 3.44. The molecule has 0 unspecified atom stereocenters. The minimum atomic E-state index is 0.291. The molecular weight excluding hydrogens is 218 g/mol. The van der Waals surface area contributed by atoms with Crippen LogP contribution in [0.4, 0.5) is 0 Å². The highest BCUT2D eigenvalue weighted by molar-refractivity contribution is 7.13. The van der Waals surface area contributed by atoms with Gasteiger partial charge < -0.3 is 0 Å². The highest BCUT2D eigenvalue weighted by Crippen LogP contribution is 2.27. The second-order valence-corrected chi connectivity index (χ2v) is 4.59. The van der Waals surface area contributed by atoms with Crippen molar-refractivity contribution in [3.63, 3.8) is 0 Å². The van der Waals surface area contributed by atoms with Crippen LogP contribution in [0.15, 0.2) is 0 Å². The Kier molecular flexibility index (Phi) is 2.41. The maximum Gasteiger partial charge on any atom is 0.148 e. The molecule has 2 aromatic rings. The fraction of sp³-hybridized carbons (Fsp3) is 0.444. The Labute approximate surface area is 91.3 Å². The van der Waals surface area contributed by atoms with Crippen molar-refractivity contribution in [2.45, 2.75) is 26.7 Å². The van der Waals surface area contributed by atoms with Gasteiger partial charge in [-0.25, -0.2) is 9.97 Å². The number of fused-ring (bicyclic) bond motifs is 1. The van der Waals surface area contributed by atoms with Crippen LogP contribution in [-0.4, -0.2) is 14.3 Å². The standard InChI is InChI=1S/C9H10ClN3S/c1-4(2)8-11-7(10)6-5(3)13-14-9(6)12-8/h4H,1-3H3. The normalized spacial score (nSPS) is 11.5. The molecular formula is C9H10ClN3S. The fourth-order valence-electron chi connectivity index (χ4n) is 1.22. The summed E-state index contributed by atoms with van der Waals surface area (Å²) in [6.07, 6.45) is 0. The number of rotatable bonds is 1. The zero-order chi connectivity index (χ0) is 10.3. The van der Waals surface area contributed by atoms with E-state index in [1.807, 2.05) is 20.8 Å². The molecule has 5 heteroatoms. The molecule has 0 saturated carbocycles. The SMILES string of the molecule is Cc1nsc2nc(C(C)C)nc(Cl)c12. The van der Waals surface area contributed by atoms with Crippen molar-refractivity contribution < 1.29 is 0 Å². The zero-order valence-corrected chi connectivity index (χ0v) is 9.78. The topological polar surface area (TPSA) is 38.7 Å². The van der Waals surface area contributed by atoms with Crippen molar-refractivity contribution in [3.05, 3.63) is 16.7 Å². The summed E-state index contributed by atoms with van der Waals surface area (Å²) in [6.45, 7) is 6.01. The van der Waals surface area contributed by atoms with Crippen LogP contribution in [0, 0.1) is 6.92 Å². The summed E-state index contributed by atoms with van der Waals surface area (Å²) in [6, 6.07) is 0. The first-order valence-electron chi connectivity index (χ1n) is 4.39. The predicted molar refractivity (Wildman–Crippen MR) is 59.0 cm³/mol. The monoisotopic (exact) mass is 227 g/mol. The van der Waals surface area contributed by atoms with Crippen LogP contribution < -0.4 is 0 Å². The third-order valence-electron chi connectivity index (χ3n) is 2.00. The lowest BCUT2D eigenvalue weighted by Gasteiger charge is -2.03. The lowest BCUT2D eigenvalue weighted by Crippen LogP contribution is -1.97. The number of aromatic nitrogens is 3. The van der Waals surface area contributed by atoms with Crippen molar-refractivity contribution in [2.24, 2.45) is 0 Å². The van der Waals surface area contributed by atoms with E-state index in [0.717, 1.165) is 21.7 Å². The van der Waals surface area contributed by atoms with Gasteiger partial charge in [0.1, 0.15) is 15.8 Å².